The third-order valence-electron chi connectivity index (χ3n) is 2.78. The Labute approximate surface area is 120 Å². The Morgan fingerprint density at radius 2 is 1.85 bits per heavy atom. The summed E-state index contributed by atoms with van der Waals surface area (Å²) in [5.41, 5.74) is 2.35. The van der Waals surface area contributed by atoms with E-state index in [1.807, 2.05) is 50.1 Å². The van der Waals surface area contributed by atoms with Crippen molar-refractivity contribution in [3.05, 3.63) is 35.4 Å². The molecule has 0 unspecified atom stereocenters. The van der Waals surface area contributed by atoms with E-state index in [2.05, 4.69) is 10.6 Å². The van der Waals surface area contributed by atoms with Gasteiger partial charge in [0.25, 0.3) is 0 Å². The van der Waals surface area contributed by atoms with Crippen LogP contribution in [0.4, 0.5) is 4.79 Å². The Balaban J connectivity index is 2.34. The van der Waals surface area contributed by atoms with E-state index < -0.39 is 6.03 Å². The van der Waals surface area contributed by atoms with Gasteiger partial charge in [0.05, 0.1) is 6.54 Å². The molecule has 1 aromatic carbocycles. The number of imide groups is 1. The highest BCUT2D eigenvalue weighted by Crippen LogP contribution is 2.05. The smallest absolute Gasteiger partial charge is 0.321 e. The molecule has 5 heteroatoms. The molecule has 0 aromatic heterocycles. The van der Waals surface area contributed by atoms with Crippen molar-refractivity contribution < 1.29 is 9.59 Å². The number of aryl methyl sites for hydroxylation is 1. The Kier molecular flexibility index (Phi) is 6.73. The minimum Gasteiger partial charge on any atom is -0.338 e. The maximum atomic E-state index is 11.7. The number of hydrogen-bond donors (Lipinski definition) is 2. The van der Waals surface area contributed by atoms with Gasteiger partial charge in [-0.25, -0.2) is 4.79 Å². The second-order valence-corrected chi connectivity index (χ2v) is 4.96. The van der Waals surface area contributed by atoms with Gasteiger partial charge in [-0.05, 0) is 26.0 Å². The zero-order valence-electron chi connectivity index (χ0n) is 12.4. The first-order chi connectivity index (χ1) is 9.51. The van der Waals surface area contributed by atoms with Gasteiger partial charge in [0.15, 0.2) is 0 Å². The number of nitrogens with zero attached hydrogens (tertiary/aromatic N) is 1. The molecular weight excluding hydrogens is 254 g/mol. The van der Waals surface area contributed by atoms with Crippen LogP contribution in [0.2, 0.25) is 0 Å². The van der Waals surface area contributed by atoms with Crippen molar-refractivity contribution in [2.24, 2.45) is 0 Å². The summed E-state index contributed by atoms with van der Waals surface area (Å²) in [5.74, 6) is -0.298. The van der Waals surface area contributed by atoms with Crippen LogP contribution < -0.4 is 10.6 Å². The number of hydrogen-bond acceptors (Lipinski definition) is 3. The largest absolute Gasteiger partial charge is 0.338 e. The molecule has 0 aliphatic heterocycles. The summed E-state index contributed by atoms with van der Waals surface area (Å²) in [6, 6.07) is 7.73. The van der Waals surface area contributed by atoms with Gasteiger partial charge < -0.3 is 5.32 Å². The number of nitrogens with one attached hydrogen (secondary N) is 2. The fourth-order valence-corrected chi connectivity index (χ4v) is 1.76. The topological polar surface area (TPSA) is 61.4 Å². The second kappa shape index (κ2) is 8.32. The van der Waals surface area contributed by atoms with Crippen LogP contribution in [0.3, 0.4) is 0 Å². The highest BCUT2D eigenvalue weighted by Gasteiger charge is 2.10. The lowest BCUT2D eigenvalue weighted by Crippen LogP contribution is -2.43. The van der Waals surface area contributed by atoms with Gasteiger partial charge in [0.1, 0.15) is 0 Å². The molecule has 0 spiro atoms. The van der Waals surface area contributed by atoms with Crippen molar-refractivity contribution in [1.82, 2.24) is 15.5 Å². The average Bonchev–Trinajstić information content (AvgIpc) is 2.38. The van der Waals surface area contributed by atoms with Crippen LogP contribution in [0.5, 0.6) is 0 Å². The average molecular weight is 277 g/mol. The lowest BCUT2D eigenvalue weighted by molar-refractivity contribution is -0.120. The van der Waals surface area contributed by atoms with Gasteiger partial charge in [0.2, 0.25) is 5.91 Å². The Hall–Kier alpha value is -1.88. The third kappa shape index (κ3) is 6.33. The minimum atomic E-state index is -0.430. The van der Waals surface area contributed by atoms with E-state index in [9.17, 15) is 9.59 Å². The summed E-state index contributed by atoms with van der Waals surface area (Å²) in [5, 5.41) is 4.91. The molecule has 0 saturated carbocycles. The van der Waals surface area contributed by atoms with Gasteiger partial charge in [-0.3, -0.25) is 15.0 Å². The fraction of sp³-hybridized carbons (Fsp3) is 0.467. The van der Waals surface area contributed by atoms with Crippen LogP contribution in [0.15, 0.2) is 24.3 Å². The summed E-state index contributed by atoms with van der Waals surface area (Å²) in [7, 11) is 1.85. The molecule has 0 saturated heterocycles. The standard InChI is InChI=1S/C15H23N3O2/c1-4-9-16-15(20)17-14(19)11-18(3)10-13-7-5-12(2)6-8-13/h5-8H,4,9-11H2,1-3H3,(H2,16,17,19,20). The Morgan fingerprint density at radius 3 is 2.45 bits per heavy atom. The van der Waals surface area contributed by atoms with Crippen molar-refractivity contribution in [2.45, 2.75) is 26.8 Å². The molecule has 20 heavy (non-hydrogen) atoms. The van der Waals surface area contributed by atoms with E-state index in [1.54, 1.807) is 0 Å². The molecule has 3 amide bonds. The molecule has 0 atom stereocenters. The third-order valence-corrected chi connectivity index (χ3v) is 2.78. The second-order valence-electron chi connectivity index (χ2n) is 4.96. The number of likely N-dealkylation sites (N-methyl/N-ethyl adjacent to an activating group) is 1. The molecule has 0 aliphatic rings. The Bertz CT molecular complexity index is 443. The summed E-state index contributed by atoms with van der Waals surface area (Å²) < 4.78 is 0. The maximum Gasteiger partial charge on any atom is 0.321 e. The zero-order chi connectivity index (χ0) is 15.0. The van der Waals surface area contributed by atoms with Gasteiger partial charge in [-0.2, -0.15) is 0 Å². The van der Waals surface area contributed by atoms with Crippen LogP contribution in [0, 0.1) is 6.92 Å². The van der Waals surface area contributed by atoms with E-state index >= 15 is 0 Å². The molecule has 0 bridgehead atoms. The van der Waals surface area contributed by atoms with Crippen molar-refractivity contribution in [2.75, 3.05) is 20.1 Å². The quantitative estimate of drug-likeness (QED) is 0.831. The molecule has 1 aromatic rings. The summed E-state index contributed by atoms with van der Waals surface area (Å²) >= 11 is 0. The predicted octanol–water partition coefficient (Wildman–Crippen LogP) is 1.66. The van der Waals surface area contributed by atoms with Crippen molar-refractivity contribution in [1.29, 1.82) is 0 Å². The number of carbonyl (C=O) groups excluding carboxylic acids is 2. The van der Waals surface area contributed by atoms with Crippen molar-refractivity contribution in [3.8, 4) is 0 Å². The van der Waals surface area contributed by atoms with Crippen LogP contribution in [0.1, 0.15) is 24.5 Å². The normalized spacial score (nSPS) is 10.4. The molecule has 2 N–H and O–H groups in total. The predicted molar refractivity (Wildman–Crippen MR) is 79.3 cm³/mol. The number of amides is 3. The lowest BCUT2D eigenvalue weighted by atomic mass is 10.1. The van der Waals surface area contributed by atoms with Crippen LogP contribution >= 0.6 is 0 Å². The molecule has 110 valence electrons. The number of benzene rings is 1. The van der Waals surface area contributed by atoms with Gasteiger partial charge in [0, 0.05) is 13.1 Å². The number of urea groups is 1. The molecule has 1 rings (SSSR count). The van der Waals surface area contributed by atoms with Gasteiger partial charge in [-0.1, -0.05) is 36.8 Å². The Morgan fingerprint density at radius 1 is 1.20 bits per heavy atom. The van der Waals surface area contributed by atoms with E-state index in [0.717, 1.165) is 12.0 Å². The van der Waals surface area contributed by atoms with E-state index in [1.165, 1.54) is 5.56 Å². The first-order valence-electron chi connectivity index (χ1n) is 6.83. The SMILES string of the molecule is CCCNC(=O)NC(=O)CN(C)Cc1ccc(C)cc1. The molecule has 5 nitrogen and oxygen atoms in total. The summed E-state index contributed by atoms with van der Waals surface area (Å²) in [6.45, 7) is 5.42. The van der Waals surface area contributed by atoms with Crippen molar-refractivity contribution in [3.63, 3.8) is 0 Å². The number of carbonyl (C=O) groups is 2. The monoisotopic (exact) mass is 277 g/mol. The molecule has 0 heterocycles. The van der Waals surface area contributed by atoms with Crippen LogP contribution in [-0.4, -0.2) is 37.0 Å². The molecule has 0 aliphatic carbocycles. The van der Waals surface area contributed by atoms with Gasteiger partial charge in [-0.15, -0.1) is 0 Å². The van der Waals surface area contributed by atoms with E-state index in [-0.39, 0.29) is 12.5 Å². The highest BCUT2D eigenvalue weighted by atomic mass is 16.2. The van der Waals surface area contributed by atoms with Crippen LogP contribution in [0.25, 0.3) is 0 Å². The molecule has 0 radical (unpaired) electrons. The lowest BCUT2D eigenvalue weighted by Gasteiger charge is -2.16. The zero-order valence-corrected chi connectivity index (χ0v) is 12.4. The first kappa shape index (κ1) is 16.2. The highest BCUT2D eigenvalue weighted by molar-refractivity contribution is 5.95. The summed E-state index contributed by atoms with van der Waals surface area (Å²) in [6.07, 6.45) is 0.842. The van der Waals surface area contributed by atoms with Gasteiger partial charge >= 0.3 is 6.03 Å². The number of rotatable bonds is 6. The minimum absolute atomic E-state index is 0.188. The van der Waals surface area contributed by atoms with E-state index in [4.69, 9.17) is 0 Å². The van der Waals surface area contributed by atoms with Crippen LogP contribution in [-0.2, 0) is 11.3 Å². The fourth-order valence-electron chi connectivity index (χ4n) is 1.76. The first-order valence-corrected chi connectivity index (χ1v) is 6.83. The maximum absolute atomic E-state index is 11.7. The van der Waals surface area contributed by atoms with E-state index in [0.29, 0.717) is 13.1 Å². The molecular formula is C15H23N3O2. The molecule has 0 fully saturated rings. The van der Waals surface area contributed by atoms with Crippen molar-refractivity contribution >= 4 is 11.9 Å². The summed E-state index contributed by atoms with van der Waals surface area (Å²) in [4.78, 5) is 24.9.